The zero-order valence-corrected chi connectivity index (χ0v) is 24.8. The lowest BCUT2D eigenvalue weighted by molar-refractivity contribution is -0.145. The van der Waals surface area contributed by atoms with Crippen molar-refractivity contribution in [2.24, 2.45) is 4.40 Å². The Morgan fingerprint density at radius 3 is 2.49 bits per heavy atom. The molecule has 220 valence electrons. The molecule has 1 amide bonds. The van der Waals surface area contributed by atoms with Crippen LogP contribution in [-0.2, 0) is 33.9 Å². The molecule has 3 rings (SSSR count). The van der Waals surface area contributed by atoms with E-state index in [9.17, 15) is 27.6 Å². The SMILES string of the molecule is CCOC(=O)COc1ccc(C(=O)CN2CC3=C(C=CC(=C=NSC)C3)C2=O)cc1N(CC(=O)OCC)S(C)(=O)=O. The van der Waals surface area contributed by atoms with Gasteiger partial charge >= 0.3 is 11.9 Å². The van der Waals surface area contributed by atoms with Crippen LogP contribution in [0.2, 0.25) is 0 Å². The highest BCUT2D eigenvalue weighted by molar-refractivity contribution is 7.97. The van der Waals surface area contributed by atoms with E-state index in [1.165, 1.54) is 35.0 Å². The van der Waals surface area contributed by atoms with Crippen molar-refractivity contribution >= 4 is 57.2 Å². The molecule has 2 aliphatic rings. The van der Waals surface area contributed by atoms with Crippen molar-refractivity contribution in [2.75, 3.05) is 56.3 Å². The normalized spacial score (nSPS) is 14.4. The third-order valence-electron chi connectivity index (χ3n) is 5.93. The second kappa shape index (κ2) is 14.2. The summed E-state index contributed by atoms with van der Waals surface area (Å²) < 4.78 is 45.5. The summed E-state index contributed by atoms with van der Waals surface area (Å²) in [5.74, 6) is 0.572. The summed E-state index contributed by atoms with van der Waals surface area (Å²) in [5.41, 5.74) is 2.12. The topological polar surface area (TPSA) is 149 Å². The first-order valence-electron chi connectivity index (χ1n) is 12.6. The second-order valence-corrected chi connectivity index (χ2v) is 11.3. The lowest BCUT2D eigenvalue weighted by Crippen LogP contribution is -2.36. The predicted molar refractivity (Wildman–Crippen MR) is 154 cm³/mol. The number of carbonyl (C=O) groups excluding carboxylic acids is 4. The number of carbonyl (C=O) groups is 4. The van der Waals surface area contributed by atoms with Crippen LogP contribution in [0.25, 0.3) is 0 Å². The van der Waals surface area contributed by atoms with Gasteiger partial charge in [-0.3, -0.25) is 18.7 Å². The smallest absolute Gasteiger partial charge is 0.344 e. The van der Waals surface area contributed by atoms with Crippen molar-refractivity contribution in [3.05, 3.63) is 52.6 Å². The molecule has 0 radical (unpaired) electrons. The number of sulfonamides is 1. The maximum atomic E-state index is 13.3. The molecule has 1 heterocycles. The number of esters is 2. The van der Waals surface area contributed by atoms with Crippen molar-refractivity contribution < 1.29 is 41.8 Å². The van der Waals surface area contributed by atoms with E-state index in [1.54, 1.807) is 26.0 Å². The largest absolute Gasteiger partial charge is 0.480 e. The van der Waals surface area contributed by atoms with Crippen molar-refractivity contribution in [1.82, 2.24) is 4.90 Å². The number of nitrogens with zero attached hydrogens (tertiary/aromatic N) is 3. The van der Waals surface area contributed by atoms with E-state index in [-0.39, 0.29) is 49.2 Å². The Morgan fingerprint density at radius 1 is 1.12 bits per heavy atom. The van der Waals surface area contributed by atoms with Crippen molar-refractivity contribution in [3.63, 3.8) is 0 Å². The molecule has 1 aromatic rings. The summed E-state index contributed by atoms with van der Waals surface area (Å²) in [7, 11) is -4.07. The van der Waals surface area contributed by atoms with Gasteiger partial charge in [0.15, 0.2) is 12.4 Å². The summed E-state index contributed by atoms with van der Waals surface area (Å²) in [6.45, 7) is 2.11. The third kappa shape index (κ3) is 8.32. The van der Waals surface area contributed by atoms with Gasteiger partial charge in [0.25, 0.3) is 5.91 Å². The minimum absolute atomic E-state index is 0.0277. The Hall–Kier alpha value is -3.87. The van der Waals surface area contributed by atoms with Gasteiger partial charge in [-0.2, -0.15) is 4.40 Å². The number of allylic oxidation sites excluding steroid dienone is 2. The first kappa shape index (κ1) is 31.7. The Balaban J connectivity index is 1.88. The summed E-state index contributed by atoms with van der Waals surface area (Å²) in [6, 6.07) is 3.96. The van der Waals surface area contributed by atoms with Crippen molar-refractivity contribution in [2.45, 2.75) is 20.3 Å². The Kier molecular flexibility index (Phi) is 10.9. The highest BCUT2D eigenvalue weighted by Gasteiger charge is 2.33. The molecule has 1 aliphatic carbocycles. The van der Waals surface area contributed by atoms with Gasteiger partial charge in [0.2, 0.25) is 10.0 Å². The van der Waals surface area contributed by atoms with Gasteiger partial charge in [-0.05, 0) is 67.6 Å². The van der Waals surface area contributed by atoms with E-state index >= 15 is 0 Å². The molecule has 0 fully saturated rings. The molecule has 12 nitrogen and oxygen atoms in total. The van der Waals surface area contributed by atoms with E-state index in [0.717, 1.165) is 21.7 Å². The number of anilines is 1. The van der Waals surface area contributed by atoms with Gasteiger partial charge in [-0.1, -0.05) is 0 Å². The first-order chi connectivity index (χ1) is 19.5. The van der Waals surface area contributed by atoms with Crippen LogP contribution < -0.4 is 9.04 Å². The standard InChI is InChI=1S/C27H31N3O9S2/c1-5-37-25(32)16-30(41(4,35)36)22-12-19(8-10-24(22)39-17-26(33)38-6-2)23(31)15-29-14-20-11-18(13-28-40-3)7-9-21(20)27(29)34/h7-10,12H,5-6,11,14-17H2,1-4H3. The minimum Gasteiger partial charge on any atom is -0.480 e. The van der Waals surface area contributed by atoms with Crippen LogP contribution in [0.5, 0.6) is 5.75 Å². The Bertz CT molecular complexity index is 1460. The second-order valence-electron chi connectivity index (χ2n) is 8.87. The number of ether oxygens (including phenoxy) is 3. The number of ketones is 1. The van der Waals surface area contributed by atoms with Crippen LogP contribution in [0, 0.1) is 0 Å². The van der Waals surface area contributed by atoms with E-state index in [1.807, 2.05) is 6.26 Å². The van der Waals surface area contributed by atoms with E-state index < -0.39 is 40.9 Å². The molecule has 0 aromatic heterocycles. The molecule has 0 atom stereocenters. The number of benzene rings is 1. The van der Waals surface area contributed by atoms with Crippen molar-refractivity contribution in [1.29, 1.82) is 0 Å². The summed E-state index contributed by atoms with van der Waals surface area (Å²) in [5, 5.41) is 0. The van der Waals surface area contributed by atoms with Crippen LogP contribution in [0.15, 0.2) is 51.5 Å². The quantitative estimate of drug-likeness (QED) is 0.142. The molecular formula is C27H31N3O9S2. The number of hydrogen-bond donors (Lipinski definition) is 0. The van der Waals surface area contributed by atoms with E-state index in [2.05, 4.69) is 10.3 Å². The average molecular weight is 606 g/mol. The lowest BCUT2D eigenvalue weighted by atomic mass is 9.97. The van der Waals surface area contributed by atoms with Gasteiger partial charge in [-0.25, -0.2) is 13.2 Å². The molecule has 14 heteroatoms. The fraction of sp³-hybridized carbons (Fsp3) is 0.407. The third-order valence-corrected chi connectivity index (χ3v) is 7.33. The molecule has 0 saturated heterocycles. The predicted octanol–water partition coefficient (Wildman–Crippen LogP) is 2.11. The molecule has 0 bridgehead atoms. The average Bonchev–Trinajstić information content (AvgIpc) is 3.23. The fourth-order valence-electron chi connectivity index (χ4n) is 4.15. The molecule has 41 heavy (non-hydrogen) atoms. The summed E-state index contributed by atoms with van der Waals surface area (Å²) in [6.07, 6.45) is 6.65. The van der Waals surface area contributed by atoms with Crippen molar-refractivity contribution in [3.8, 4) is 5.75 Å². The van der Waals surface area contributed by atoms with Gasteiger partial charge in [0.05, 0.1) is 31.7 Å². The maximum Gasteiger partial charge on any atom is 0.344 e. The monoisotopic (exact) mass is 605 g/mol. The van der Waals surface area contributed by atoms with Gasteiger partial charge < -0.3 is 19.1 Å². The lowest BCUT2D eigenvalue weighted by Gasteiger charge is -2.24. The zero-order chi connectivity index (χ0) is 30.2. The number of hydrogen-bond acceptors (Lipinski definition) is 11. The molecule has 0 saturated carbocycles. The van der Waals surface area contributed by atoms with Crippen LogP contribution in [-0.4, -0.2) is 94.8 Å². The molecule has 0 N–H and O–H groups in total. The highest BCUT2D eigenvalue weighted by atomic mass is 32.2. The van der Waals surface area contributed by atoms with Crippen LogP contribution in [0.4, 0.5) is 5.69 Å². The zero-order valence-electron chi connectivity index (χ0n) is 23.2. The van der Waals surface area contributed by atoms with Crippen LogP contribution in [0.3, 0.4) is 0 Å². The number of rotatable bonds is 13. The summed E-state index contributed by atoms with van der Waals surface area (Å²) >= 11 is 1.27. The van der Waals surface area contributed by atoms with Crippen LogP contribution in [0.1, 0.15) is 30.6 Å². The van der Waals surface area contributed by atoms with Gasteiger partial charge in [0, 0.05) is 35.9 Å². The van der Waals surface area contributed by atoms with E-state index in [4.69, 9.17) is 14.2 Å². The molecule has 0 unspecified atom stereocenters. The Morgan fingerprint density at radius 2 is 1.83 bits per heavy atom. The highest BCUT2D eigenvalue weighted by Crippen LogP contribution is 2.33. The summed E-state index contributed by atoms with van der Waals surface area (Å²) in [4.78, 5) is 51.8. The van der Waals surface area contributed by atoms with Crippen LogP contribution >= 0.6 is 11.9 Å². The fourth-order valence-corrected chi connectivity index (χ4v) is 5.20. The van der Waals surface area contributed by atoms with Gasteiger partial charge in [-0.15, -0.1) is 0 Å². The molecule has 1 aromatic carbocycles. The minimum atomic E-state index is -4.07. The molecule has 0 spiro atoms. The molecule has 1 aliphatic heterocycles. The Labute approximate surface area is 242 Å². The van der Waals surface area contributed by atoms with Gasteiger partial charge in [0.1, 0.15) is 12.3 Å². The number of amides is 1. The number of Topliss-reactive ketones (excluding diaryl/α,β-unsaturated/α-hetero) is 1. The molecular weight excluding hydrogens is 574 g/mol. The van der Waals surface area contributed by atoms with E-state index in [0.29, 0.717) is 12.0 Å². The first-order valence-corrected chi connectivity index (χ1v) is 15.6. The maximum absolute atomic E-state index is 13.3.